The first-order valence-electron chi connectivity index (χ1n) is 4.52. The van der Waals surface area contributed by atoms with E-state index in [1.807, 2.05) is 0 Å². The van der Waals surface area contributed by atoms with Crippen molar-refractivity contribution in [3.05, 3.63) is 43.6 Å². The molecule has 0 bridgehead atoms. The third-order valence-electron chi connectivity index (χ3n) is 2.26. The number of hydrogen-bond acceptors (Lipinski definition) is 2. The van der Waals surface area contributed by atoms with Crippen LogP contribution in [0.4, 0.5) is 0 Å². The Morgan fingerprint density at radius 3 is 2.69 bits per heavy atom. The van der Waals surface area contributed by atoms with Crippen LogP contribution in [0.25, 0.3) is 10.9 Å². The fourth-order valence-electron chi connectivity index (χ4n) is 1.46. The van der Waals surface area contributed by atoms with Gasteiger partial charge in [-0.3, -0.25) is 9.59 Å². The highest BCUT2D eigenvalue weighted by Crippen LogP contribution is 2.26. The lowest BCUT2D eigenvalue weighted by Gasteiger charge is -2.02. The summed E-state index contributed by atoms with van der Waals surface area (Å²) < 4.78 is 0.702. The molecule has 82 valence electrons. The Bertz CT molecular complexity index is 648. The van der Waals surface area contributed by atoms with Crippen molar-refractivity contribution in [1.82, 2.24) is 4.98 Å². The third-order valence-corrected chi connectivity index (χ3v) is 3.46. The molecule has 0 atom stereocenters. The molecule has 0 aliphatic carbocycles. The standard InChI is InChI=1S/C11H7BrClNO2/c1-5(15)7-2-6-3-9(13)8(12)4-10(6)14-11(7)16/h2-4H,1H3,(H,14,16). The van der Waals surface area contributed by atoms with Crippen LogP contribution in [-0.2, 0) is 0 Å². The van der Waals surface area contributed by atoms with Crippen molar-refractivity contribution in [2.45, 2.75) is 6.92 Å². The van der Waals surface area contributed by atoms with Crippen LogP contribution in [0.2, 0.25) is 5.02 Å². The number of benzene rings is 1. The van der Waals surface area contributed by atoms with Gasteiger partial charge in [-0.1, -0.05) is 11.6 Å². The highest BCUT2D eigenvalue weighted by molar-refractivity contribution is 9.10. The van der Waals surface area contributed by atoms with E-state index in [4.69, 9.17) is 11.6 Å². The van der Waals surface area contributed by atoms with Gasteiger partial charge in [0.2, 0.25) is 0 Å². The zero-order chi connectivity index (χ0) is 11.9. The summed E-state index contributed by atoms with van der Waals surface area (Å²) >= 11 is 9.20. The molecule has 0 saturated carbocycles. The van der Waals surface area contributed by atoms with Crippen molar-refractivity contribution in [2.24, 2.45) is 0 Å². The average molecular weight is 301 g/mol. The van der Waals surface area contributed by atoms with E-state index in [1.54, 1.807) is 18.2 Å². The number of aromatic nitrogens is 1. The van der Waals surface area contributed by atoms with E-state index in [9.17, 15) is 9.59 Å². The number of nitrogens with one attached hydrogen (secondary N) is 1. The summed E-state index contributed by atoms with van der Waals surface area (Å²) in [6.45, 7) is 1.36. The summed E-state index contributed by atoms with van der Waals surface area (Å²) in [4.78, 5) is 25.4. The summed E-state index contributed by atoms with van der Waals surface area (Å²) in [5.41, 5.74) is 0.409. The van der Waals surface area contributed by atoms with Crippen LogP contribution in [0.15, 0.2) is 27.5 Å². The Morgan fingerprint density at radius 1 is 1.38 bits per heavy atom. The molecule has 0 saturated heterocycles. The maximum atomic E-state index is 11.5. The number of rotatable bonds is 1. The van der Waals surface area contributed by atoms with Gasteiger partial charge in [0.25, 0.3) is 5.56 Å². The number of carbonyl (C=O) groups excluding carboxylic acids is 1. The Kier molecular flexibility index (Phi) is 2.86. The minimum Gasteiger partial charge on any atom is -0.321 e. The molecule has 0 radical (unpaired) electrons. The number of hydrogen-bond donors (Lipinski definition) is 1. The molecule has 2 rings (SSSR count). The predicted molar refractivity (Wildman–Crippen MR) is 67.3 cm³/mol. The van der Waals surface area contributed by atoms with Crippen LogP contribution >= 0.6 is 27.5 Å². The van der Waals surface area contributed by atoms with Crippen LogP contribution < -0.4 is 5.56 Å². The minimum absolute atomic E-state index is 0.144. The molecule has 2 aromatic rings. The summed E-state index contributed by atoms with van der Waals surface area (Å²) in [5.74, 6) is -0.262. The molecule has 5 heteroatoms. The van der Waals surface area contributed by atoms with E-state index in [0.717, 1.165) is 5.39 Å². The van der Waals surface area contributed by atoms with Gasteiger partial charge < -0.3 is 4.98 Å². The maximum absolute atomic E-state index is 11.5. The number of halogens is 2. The van der Waals surface area contributed by atoms with Crippen molar-refractivity contribution in [1.29, 1.82) is 0 Å². The Morgan fingerprint density at radius 2 is 2.06 bits per heavy atom. The highest BCUT2D eigenvalue weighted by atomic mass is 79.9. The van der Waals surface area contributed by atoms with Gasteiger partial charge in [-0.05, 0) is 41.1 Å². The van der Waals surface area contributed by atoms with Crippen LogP contribution in [0, 0.1) is 0 Å². The van der Waals surface area contributed by atoms with E-state index in [0.29, 0.717) is 15.0 Å². The Balaban J connectivity index is 2.85. The van der Waals surface area contributed by atoms with Gasteiger partial charge >= 0.3 is 0 Å². The fourth-order valence-corrected chi connectivity index (χ4v) is 1.98. The maximum Gasteiger partial charge on any atom is 0.259 e. The first-order chi connectivity index (χ1) is 7.49. The smallest absolute Gasteiger partial charge is 0.259 e. The largest absolute Gasteiger partial charge is 0.321 e. The SMILES string of the molecule is CC(=O)c1cc2cc(Cl)c(Br)cc2[nH]c1=O. The first kappa shape index (κ1) is 11.4. The summed E-state index contributed by atoms with van der Waals surface area (Å²) in [6, 6.07) is 4.96. The van der Waals surface area contributed by atoms with E-state index in [1.165, 1.54) is 6.92 Å². The van der Waals surface area contributed by atoms with Crippen LogP contribution in [0.3, 0.4) is 0 Å². The molecule has 1 aromatic heterocycles. The molecule has 0 fully saturated rings. The minimum atomic E-state index is -0.380. The number of fused-ring (bicyclic) bond motifs is 1. The quantitative estimate of drug-likeness (QED) is 0.823. The molecule has 0 aliphatic rings. The van der Waals surface area contributed by atoms with Crippen LogP contribution in [0.5, 0.6) is 0 Å². The number of pyridine rings is 1. The number of ketones is 1. The van der Waals surface area contributed by atoms with Crippen molar-refractivity contribution >= 4 is 44.2 Å². The van der Waals surface area contributed by atoms with Gasteiger partial charge in [0.15, 0.2) is 5.78 Å². The molecule has 0 amide bonds. The molecule has 0 aliphatic heterocycles. The second-order valence-electron chi connectivity index (χ2n) is 3.42. The molecule has 1 N–H and O–H groups in total. The molecular weight excluding hydrogens is 293 g/mol. The predicted octanol–water partition coefficient (Wildman–Crippen LogP) is 3.15. The van der Waals surface area contributed by atoms with Crippen LogP contribution in [0.1, 0.15) is 17.3 Å². The fraction of sp³-hybridized carbons (Fsp3) is 0.0909. The lowest BCUT2D eigenvalue weighted by atomic mass is 10.1. The monoisotopic (exact) mass is 299 g/mol. The molecule has 16 heavy (non-hydrogen) atoms. The second-order valence-corrected chi connectivity index (χ2v) is 4.68. The van der Waals surface area contributed by atoms with Gasteiger partial charge in [-0.25, -0.2) is 0 Å². The highest BCUT2D eigenvalue weighted by Gasteiger charge is 2.08. The van der Waals surface area contributed by atoms with E-state index < -0.39 is 0 Å². The van der Waals surface area contributed by atoms with Crippen molar-refractivity contribution in [2.75, 3.05) is 0 Å². The Hall–Kier alpha value is -1.13. The topological polar surface area (TPSA) is 49.9 Å². The number of H-pyrrole nitrogens is 1. The molecule has 1 aromatic carbocycles. The average Bonchev–Trinajstić information content (AvgIpc) is 2.19. The van der Waals surface area contributed by atoms with Gasteiger partial charge in [0.1, 0.15) is 0 Å². The summed E-state index contributed by atoms with van der Waals surface area (Å²) in [7, 11) is 0. The van der Waals surface area contributed by atoms with Crippen molar-refractivity contribution in [3.63, 3.8) is 0 Å². The van der Waals surface area contributed by atoms with Gasteiger partial charge in [0, 0.05) is 15.4 Å². The lowest BCUT2D eigenvalue weighted by molar-refractivity contribution is 0.101. The Labute approximate surface area is 105 Å². The summed E-state index contributed by atoms with van der Waals surface area (Å²) in [5, 5.41) is 1.27. The van der Waals surface area contributed by atoms with Crippen molar-refractivity contribution in [3.8, 4) is 0 Å². The van der Waals surface area contributed by atoms with Gasteiger partial charge in [-0.15, -0.1) is 0 Å². The van der Waals surface area contributed by atoms with Gasteiger partial charge in [-0.2, -0.15) is 0 Å². The number of carbonyl (C=O) groups is 1. The molecule has 3 nitrogen and oxygen atoms in total. The third kappa shape index (κ3) is 1.90. The molecule has 0 spiro atoms. The number of aromatic amines is 1. The molecule has 0 unspecified atom stereocenters. The normalized spacial score (nSPS) is 10.7. The second kappa shape index (κ2) is 4.03. The number of Topliss-reactive ketones (excluding diaryl/α,β-unsaturated/α-hetero) is 1. The van der Waals surface area contributed by atoms with E-state index in [2.05, 4.69) is 20.9 Å². The zero-order valence-electron chi connectivity index (χ0n) is 8.30. The first-order valence-corrected chi connectivity index (χ1v) is 5.69. The van der Waals surface area contributed by atoms with Crippen molar-refractivity contribution < 1.29 is 4.79 Å². The van der Waals surface area contributed by atoms with Crippen LogP contribution in [-0.4, -0.2) is 10.8 Å². The van der Waals surface area contributed by atoms with E-state index in [-0.39, 0.29) is 16.9 Å². The zero-order valence-corrected chi connectivity index (χ0v) is 10.6. The summed E-state index contributed by atoms with van der Waals surface area (Å²) in [6.07, 6.45) is 0. The van der Waals surface area contributed by atoms with Gasteiger partial charge in [0.05, 0.1) is 10.6 Å². The van der Waals surface area contributed by atoms with E-state index >= 15 is 0 Å². The molecular formula is C11H7BrClNO2. The molecule has 1 heterocycles. The lowest BCUT2D eigenvalue weighted by Crippen LogP contribution is -2.15.